The van der Waals surface area contributed by atoms with E-state index in [1.807, 2.05) is 36.4 Å². The third kappa shape index (κ3) is 3.24. The second-order valence-corrected chi connectivity index (χ2v) is 6.02. The van der Waals surface area contributed by atoms with Crippen molar-refractivity contribution in [3.05, 3.63) is 60.7 Å². The molecule has 0 amide bonds. The predicted octanol–water partition coefficient (Wildman–Crippen LogP) is 4.22. The number of nitrogens with one attached hydrogen (secondary N) is 1. The van der Waals surface area contributed by atoms with Gasteiger partial charge in [0.05, 0.1) is 5.69 Å². The first-order chi connectivity index (χ1) is 10.9. The largest absolute Gasteiger partial charge is 0.396 e. The SMILES string of the molecule is OCCCSc1n[nH]c(-c2ccccc2)c1-c1ccccc1. The van der Waals surface area contributed by atoms with Crippen LogP contribution in [0.1, 0.15) is 6.42 Å². The Labute approximate surface area is 134 Å². The van der Waals surface area contributed by atoms with Crippen LogP contribution in [0.2, 0.25) is 0 Å². The molecule has 0 aliphatic carbocycles. The second-order valence-electron chi connectivity index (χ2n) is 4.94. The zero-order valence-electron chi connectivity index (χ0n) is 12.2. The number of aromatic nitrogens is 2. The number of aliphatic hydroxyl groups excluding tert-OH is 1. The van der Waals surface area contributed by atoms with Crippen molar-refractivity contribution >= 4 is 11.8 Å². The lowest BCUT2D eigenvalue weighted by molar-refractivity contribution is 0.296. The van der Waals surface area contributed by atoms with E-state index in [0.29, 0.717) is 0 Å². The van der Waals surface area contributed by atoms with E-state index in [1.54, 1.807) is 11.8 Å². The fraction of sp³-hybridized carbons (Fsp3) is 0.167. The Morgan fingerprint density at radius 2 is 1.55 bits per heavy atom. The molecule has 1 aromatic heterocycles. The highest BCUT2D eigenvalue weighted by Gasteiger charge is 2.16. The Hall–Kier alpha value is -2.04. The first kappa shape index (κ1) is 14.9. The van der Waals surface area contributed by atoms with Crippen molar-refractivity contribution in [2.45, 2.75) is 11.4 Å². The summed E-state index contributed by atoms with van der Waals surface area (Å²) in [6.07, 6.45) is 0.770. The Morgan fingerprint density at radius 1 is 0.909 bits per heavy atom. The van der Waals surface area contributed by atoms with Crippen LogP contribution in [0.3, 0.4) is 0 Å². The van der Waals surface area contributed by atoms with Crippen molar-refractivity contribution in [2.24, 2.45) is 0 Å². The van der Waals surface area contributed by atoms with Crippen molar-refractivity contribution in [1.82, 2.24) is 10.2 Å². The molecular weight excluding hydrogens is 292 g/mol. The lowest BCUT2D eigenvalue weighted by Gasteiger charge is -2.06. The van der Waals surface area contributed by atoms with E-state index in [9.17, 15) is 0 Å². The number of thioether (sulfide) groups is 1. The van der Waals surface area contributed by atoms with E-state index in [2.05, 4.69) is 34.5 Å². The van der Waals surface area contributed by atoms with Gasteiger partial charge in [-0.05, 0) is 12.0 Å². The van der Waals surface area contributed by atoms with Gasteiger partial charge in [-0.1, -0.05) is 60.7 Å². The molecule has 0 bridgehead atoms. The molecular formula is C18H18N2OS. The maximum atomic E-state index is 8.97. The quantitative estimate of drug-likeness (QED) is 0.529. The highest BCUT2D eigenvalue weighted by molar-refractivity contribution is 7.99. The van der Waals surface area contributed by atoms with Gasteiger partial charge in [-0.15, -0.1) is 11.8 Å². The molecule has 112 valence electrons. The molecule has 3 nitrogen and oxygen atoms in total. The van der Waals surface area contributed by atoms with Gasteiger partial charge in [-0.3, -0.25) is 5.10 Å². The average molecular weight is 310 g/mol. The fourth-order valence-corrected chi connectivity index (χ4v) is 3.29. The van der Waals surface area contributed by atoms with E-state index in [1.165, 1.54) is 0 Å². The minimum atomic E-state index is 0.212. The molecule has 4 heteroatoms. The van der Waals surface area contributed by atoms with Crippen molar-refractivity contribution in [3.8, 4) is 22.4 Å². The van der Waals surface area contributed by atoms with Gasteiger partial charge >= 0.3 is 0 Å². The molecule has 0 saturated heterocycles. The van der Waals surface area contributed by atoms with Crippen molar-refractivity contribution in [3.63, 3.8) is 0 Å². The Balaban J connectivity index is 2.04. The molecule has 0 saturated carbocycles. The highest BCUT2D eigenvalue weighted by atomic mass is 32.2. The van der Waals surface area contributed by atoms with Crippen molar-refractivity contribution in [1.29, 1.82) is 0 Å². The molecule has 0 spiro atoms. The summed E-state index contributed by atoms with van der Waals surface area (Å²) < 4.78 is 0. The van der Waals surface area contributed by atoms with Gasteiger partial charge in [0, 0.05) is 23.5 Å². The van der Waals surface area contributed by atoms with Crippen LogP contribution in [0.4, 0.5) is 0 Å². The summed E-state index contributed by atoms with van der Waals surface area (Å²) in [4.78, 5) is 0. The summed E-state index contributed by atoms with van der Waals surface area (Å²) in [5.74, 6) is 0.857. The van der Waals surface area contributed by atoms with Crippen LogP contribution in [0.15, 0.2) is 65.7 Å². The summed E-state index contributed by atoms with van der Waals surface area (Å²) in [5, 5.41) is 17.6. The molecule has 3 rings (SSSR count). The number of rotatable bonds is 6. The molecule has 0 unspecified atom stereocenters. The molecule has 0 aliphatic rings. The molecule has 0 atom stereocenters. The summed E-state index contributed by atoms with van der Waals surface area (Å²) in [6.45, 7) is 0.212. The van der Waals surface area contributed by atoms with E-state index in [0.717, 1.165) is 39.6 Å². The van der Waals surface area contributed by atoms with Crippen LogP contribution in [-0.2, 0) is 0 Å². The molecule has 0 fully saturated rings. The van der Waals surface area contributed by atoms with Crippen LogP contribution < -0.4 is 0 Å². The number of hydrogen-bond donors (Lipinski definition) is 2. The standard InChI is InChI=1S/C18H18N2OS/c21-12-7-13-22-18-16(14-8-3-1-4-9-14)17(19-20-18)15-10-5-2-6-11-15/h1-6,8-11,21H,7,12-13H2,(H,19,20). The zero-order chi connectivity index (χ0) is 15.2. The van der Waals surface area contributed by atoms with Gasteiger partial charge in [-0.2, -0.15) is 5.10 Å². The molecule has 3 aromatic rings. The van der Waals surface area contributed by atoms with Crippen LogP contribution in [0, 0.1) is 0 Å². The summed E-state index contributed by atoms with van der Waals surface area (Å²) in [7, 11) is 0. The third-order valence-corrected chi connectivity index (χ3v) is 4.46. The van der Waals surface area contributed by atoms with Gasteiger partial charge in [0.25, 0.3) is 0 Å². The topological polar surface area (TPSA) is 48.9 Å². The van der Waals surface area contributed by atoms with E-state index in [-0.39, 0.29) is 6.61 Å². The molecule has 2 N–H and O–H groups in total. The highest BCUT2D eigenvalue weighted by Crippen LogP contribution is 2.37. The van der Waals surface area contributed by atoms with Gasteiger partial charge in [0.1, 0.15) is 5.03 Å². The first-order valence-electron chi connectivity index (χ1n) is 7.33. The van der Waals surface area contributed by atoms with Gasteiger partial charge in [0.2, 0.25) is 0 Å². The number of benzene rings is 2. The number of aliphatic hydroxyl groups is 1. The molecule has 0 aliphatic heterocycles. The first-order valence-corrected chi connectivity index (χ1v) is 8.31. The predicted molar refractivity (Wildman–Crippen MR) is 91.9 cm³/mol. The van der Waals surface area contributed by atoms with Gasteiger partial charge in [0.15, 0.2) is 0 Å². The second kappa shape index (κ2) is 7.29. The third-order valence-electron chi connectivity index (χ3n) is 3.40. The Bertz CT molecular complexity index is 710. The number of H-pyrrole nitrogens is 1. The van der Waals surface area contributed by atoms with Gasteiger partial charge < -0.3 is 5.11 Å². The Morgan fingerprint density at radius 3 is 2.18 bits per heavy atom. The normalized spacial score (nSPS) is 10.8. The number of nitrogens with zero attached hydrogens (tertiary/aromatic N) is 1. The molecule has 22 heavy (non-hydrogen) atoms. The maximum Gasteiger partial charge on any atom is 0.126 e. The number of hydrogen-bond acceptors (Lipinski definition) is 3. The zero-order valence-corrected chi connectivity index (χ0v) is 13.0. The monoisotopic (exact) mass is 310 g/mol. The van der Waals surface area contributed by atoms with E-state index in [4.69, 9.17) is 5.11 Å². The summed E-state index contributed by atoms with van der Waals surface area (Å²) >= 11 is 1.68. The molecule has 0 radical (unpaired) electrons. The summed E-state index contributed by atoms with van der Waals surface area (Å²) in [5.41, 5.74) is 4.46. The van der Waals surface area contributed by atoms with Crippen molar-refractivity contribution in [2.75, 3.05) is 12.4 Å². The number of aromatic amines is 1. The Kier molecular flexibility index (Phi) is 4.93. The van der Waals surface area contributed by atoms with Crippen LogP contribution in [0.5, 0.6) is 0 Å². The summed E-state index contributed by atoms with van der Waals surface area (Å²) in [6, 6.07) is 20.6. The smallest absolute Gasteiger partial charge is 0.126 e. The van der Waals surface area contributed by atoms with Crippen molar-refractivity contribution < 1.29 is 5.11 Å². The lowest BCUT2D eigenvalue weighted by Crippen LogP contribution is -1.87. The maximum absolute atomic E-state index is 8.97. The van der Waals surface area contributed by atoms with Crippen LogP contribution >= 0.6 is 11.8 Å². The molecule has 2 aromatic carbocycles. The van der Waals surface area contributed by atoms with Crippen LogP contribution in [-0.4, -0.2) is 27.7 Å². The van der Waals surface area contributed by atoms with Crippen LogP contribution in [0.25, 0.3) is 22.4 Å². The average Bonchev–Trinajstić information content (AvgIpc) is 3.01. The minimum Gasteiger partial charge on any atom is -0.396 e. The van der Waals surface area contributed by atoms with E-state index >= 15 is 0 Å². The van der Waals surface area contributed by atoms with E-state index < -0.39 is 0 Å². The van der Waals surface area contributed by atoms with Gasteiger partial charge in [-0.25, -0.2) is 0 Å². The minimum absolute atomic E-state index is 0.212. The fourth-order valence-electron chi connectivity index (χ4n) is 2.35. The lowest BCUT2D eigenvalue weighted by atomic mass is 10.0. The molecule has 1 heterocycles.